The van der Waals surface area contributed by atoms with Crippen LogP contribution in [0.3, 0.4) is 0 Å². The Morgan fingerprint density at radius 2 is 1.85 bits per heavy atom. The first-order chi connectivity index (χ1) is 12.4. The molecule has 0 fully saturated rings. The van der Waals surface area contributed by atoms with Gasteiger partial charge in [-0.05, 0) is 35.9 Å². The summed E-state index contributed by atoms with van der Waals surface area (Å²) >= 11 is 11.2. The van der Waals surface area contributed by atoms with Crippen molar-refractivity contribution in [3.05, 3.63) is 82.6 Å². The molecule has 0 spiro atoms. The van der Waals surface area contributed by atoms with E-state index in [1.54, 1.807) is 36.4 Å². The molecule has 0 aliphatic rings. The summed E-state index contributed by atoms with van der Waals surface area (Å²) in [5.74, 6) is 0.353. The smallest absolute Gasteiger partial charge is 0.165 e. The Kier molecular flexibility index (Phi) is 7.70. The number of allylic oxidation sites excluding steroid dienone is 2. The SMILES string of the molecule is CC(C)(C=CC=C(Cl)Cl)COCc1ccc(F)c(Oc2ccccc2)c1. The third-order valence-electron chi connectivity index (χ3n) is 3.48. The zero-order chi connectivity index (χ0) is 19.0. The van der Waals surface area contributed by atoms with E-state index in [1.165, 1.54) is 6.07 Å². The van der Waals surface area contributed by atoms with Crippen LogP contribution < -0.4 is 4.74 Å². The van der Waals surface area contributed by atoms with Crippen molar-refractivity contribution in [1.29, 1.82) is 0 Å². The van der Waals surface area contributed by atoms with E-state index in [1.807, 2.05) is 38.1 Å². The molecule has 5 heteroatoms. The first-order valence-electron chi connectivity index (χ1n) is 8.15. The Morgan fingerprint density at radius 1 is 1.12 bits per heavy atom. The normalized spacial score (nSPS) is 11.6. The van der Waals surface area contributed by atoms with Gasteiger partial charge in [-0.3, -0.25) is 0 Å². The average molecular weight is 395 g/mol. The highest BCUT2D eigenvalue weighted by atomic mass is 35.5. The van der Waals surface area contributed by atoms with Gasteiger partial charge in [0.05, 0.1) is 13.2 Å². The van der Waals surface area contributed by atoms with Crippen molar-refractivity contribution in [3.63, 3.8) is 0 Å². The minimum absolute atomic E-state index is 0.179. The van der Waals surface area contributed by atoms with Crippen LogP contribution in [0.5, 0.6) is 11.5 Å². The Bertz CT molecular complexity index is 767. The van der Waals surface area contributed by atoms with Gasteiger partial charge in [-0.2, -0.15) is 0 Å². The number of hydrogen-bond acceptors (Lipinski definition) is 2. The summed E-state index contributed by atoms with van der Waals surface area (Å²) in [6, 6.07) is 13.8. The van der Waals surface area contributed by atoms with E-state index in [0.717, 1.165) is 5.56 Å². The van der Waals surface area contributed by atoms with Gasteiger partial charge in [0.15, 0.2) is 11.6 Å². The lowest BCUT2D eigenvalue weighted by molar-refractivity contribution is 0.0716. The molecule has 2 aromatic carbocycles. The number of para-hydroxylation sites is 1. The van der Waals surface area contributed by atoms with Gasteiger partial charge >= 0.3 is 0 Å². The average Bonchev–Trinajstić information content (AvgIpc) is 2.58. The van der Waals surface area contributed by atoms with Crippen molar-refractivity contribution in [2.24, 2.45) is 5.41 Å². The quantitative estimate of drug-likeness (QED) is 0.447. The molecule has 2 aromatic rings. The molecule has 2 nitrogen and oxygen atoms in total. The van der Waals surface area contributed by atoms with Gasteiger partial charge in [-0.1, -0.05) is 73.5 Å². The van der Waals surface area contributed by atoms with E-state index in [2.05, 4.69) is 0 Å². The molecule has 0 unspecified atom stereocenters. The van der Waals surface area contributed by atoms with Gasteiger partial charge in [-0.25, -0.2) is 4.39 Å². The predicted molar refractivity (Wildman–Crippen MR) is 105 cm³/mol. The van der Waals surface area contributed by atoms with Gasteiger partial charge in [0.2, 0.25) is 0 Å². The molecule has 0 saturated heterocycles. The lowest BCUT2D eigenvalue weighted by atomic mass is 9.94. The monoisotopic (exact) mass is 394 g/mol. The minimum Gasteiger partial charge on any atom is -0.454 e. The maximum absolute atomic E-state index is 14.0. The van der Waals surface area contributed by atoms with Gasteiger partial charge in [-0.15, -0.1) is 0 Å². The molecular weight excluding hydrogens is 374 g/mol. The summed E-state index contributed by atoms with van der Waals surface area (Å²) in [5, 5.41) is 0. The van der Waals surface area contributed by atoms with Crippen LogP contribution in [0.2, 0.25) is 0 Å². The van der Waals surface area contributed by atoms with Gasteiger partial charge in [0, 0.05) is 5.41 Å². The van der Waals surface area contributed by atoms with Crippen molar-refractivity contribution < 1.29 is 13.9 Å². The highest BCUT2D eigenvalue weighted by molar-refractivity contribution is 6.55. The maximum atomic E-state index is 14.0. The topological polar surface area (TPSA) is 18.5 Å². The second kappa shape index (κ2) is 9.77. The molecule has 0 atom stereocenters. The summed E-state index contributed by atoms with van der Waals surface area (Å²) in [7, 11) is 0. The molecular formula is C21H21Cl2FO2. The van der Waals surface area contributed by atoms with Crippen LogP contribution in [-0.2, 0) is 11.3 Å². The molecule has 0 amide bonds. The zero-order valence-electron chi connectivity index (χ0n) is 14.7. The minimum atomic E-state index is -0.411. The molecule has 0 N–H and O–H groups in total. The summed E-state index contributed by atoms with van der Waals surface area (Å²) in [4.78, 5) is 0. The van der Waals surface area contributed by atoms with E-state index in [-0.39, 0.29) is 15.7 Å². The van der Waals surface area contributed by atoms with Crippen LogP contribution in [0.25, 0.3) is 0 Å². The van der Waals surface area contributed by atoms with Crippen molar-refractivity contribution in [3.8, 4) is 11.5 Å². The zero-order valence-corrected chi connectivity index (χ0v) is 16.2. The maximum Gasteiger partial charge on any atom is 0.165 e. The number of ether oxygens (including phenoxy) is 2. The van der Waals surface area contributed by atoms with Crippen LogP contribution in [-0.4, -0.2) is 6.61 Å². The second-order valence-electron chi connectivity index (χ2n) is 6.48. The molecule has 0 radical (unpaired) electrons. The standard InChI is InChI=1S/C21H21Cl2FO2/c1-21(2,12-6-9-20(22)23)15-25-14-16-10-11-18(24)19(13-16)26-17-7-4-3-5-8-17/h3-13H,14-15H2,1-2H3. The highest BCUT2D eigenvalue weighted by Crippen LogP contribution is 2.26. The third kappa shape index (κ3) is 7.20. The fourth-order valence-electron chi connectivity index (χ4n) is 2.19. The Labute approximate surface area is 163 Å². The summed E-state index contributed by atoms with van der Waals surface area (Å²) in [6.45, 7) is 4.92. The Balaban J connectivity index is 1.95. The summed E-state index contributed by atoms with van der Waals surface area (Å²) < 4.78 is 25.5. The molecule has 0 bridgehead atoms. The molecule has 0 heterocycles. The van der Waals surface area contributed by atoms with Gasteiger partial charge in [0.1, 0.15) is 10.2 Å². The van der Waals surface area contributed by atoms with Crippen molar-refractivity contribution in [1.82, 2.24) is 0 Å². The number of rotatable bonds is 8. The fourth-order valence-corrected chi connectivity index (χ4v) is 2.34. The van der Waals surface area contributed by atoms with Crippen molar-refractivity contribution >= 4 is 23.2 Å². The number of halogens is 3. The Morgan fingerprint density at radius 3 is 2.54 bits per heavy atom. The van der Waals surface area contributed by atoms with Crippen molar-refractivity contribution in [2.75, 3.05) is 6.61 Å². The molecule has 0 aromatic heterocycles. The predicted octanol–water partition coefficient (Wildman–Crippen LogP) is 7.04. The summed E-state index contributed by atoms with van der Waals surface area (Å²) in [6.07, 6.45) is 5.37. The van der Waals surface area contributed by atoms with Gasteiger partial charge < -0.3 is 9.47 Å². The fraction of sp³-hybridized carbons (Fsp3) is 0.238. The highest BCUT2D eigenvalue weighted by Gasteiger charge is 2.14. The molecule has 0 saturated carbocycles. The van der Waals surface area contributed by atoms with Crippen LogP contribution >= 0.6 is 23.2 Å². The molecule has 0 aliphatic carbocycles. The first kappa shape index (κ1) is 20.5. The van der Waals surface area contributed by atoms with Crippen LogP contribution in [0.15, 0.2) is 71.3 Å². The van der Waals surface area contributed by atoms with Crippen molar-refractivity contribution in [2.45, 2.75) is 20.5 Å². The van der Waals surface area contributed by atoms with E-state index in [9.17, 15) is 4.39 Å². The van der Waals surface area contributed by atoms with Crippen LogP contribution in [0.1, 0.15) is 19.4 Å². The molecule has 2 rings (SSSR count). The Hall–Kier alpha value is -1.81. The third-order valence-corrected chi connectivity index (χ3v) is 3.73. The molecule has 138 valence electrons. The van der Waals surface area contributed by atoms with E-state index in [4.69, 9.17) is 32.7 Å². The molecule has 0 aliphatic heterocycles. The number of hydrogen-bond donors (Lipinski definition) is 0. The van der Waals surface area contributed by atoms with Crippen LogP contribution in [0, 0.1) is 11.2 Å². The second-order valence-corrected chi connectivity index (χ2v) is 7.48. The van der Waals surface area contributed by atoms with E-state index < -0.39 is 5.82 Å². The largest absolute Gasteiger partial charge is 0.454 e. The summed E-state index contributed by atoms with van der Waals surface area (Å²) in [5.41, 5.74) is 0.643. The first-order valence-corrected chi connectivity index (χ1v) is 8.91. The van der Waals surface area contributed by atoms with Gasteiger partial charge in [0.25, 0.3) is 0 Å². The molecule has 26 heavy (non-hydrogen) atoms. The number of benzene rings is 2. The van der Waals surface area contributed by atoms with E-state index >= 15 is 0 Å². The van der Waals surface area contributed by atoms with E-state index in [0.29, 0.717) is 19.0 Å². The van der Waals surface area contributed by atoms with Crippen LogP contribution in [0.4, 0.5) is 4.39 Å². The lowest BCUT2D eigenvalue weighted by Gasteiger charge is -2.20. The lowest BCUT2D eigenvalue weighted by Crippen LogP contribution is -2.16.